The molecule has 2 aliphatic rings. The minimum Gasteiger partial charge on any atom is -0.493 e. The zero-order valence-corrected chi connectivity index (χ0v) is 20.7. The van der Waals surface area contributed by atoms with Gasteiger partial charge in [0.05, 0.1) is 19.2 Å². The fraction of sp³-hybridized carbons (Fsp3) is 0.615. The van der Waals surface area contributed by atoms with Crippen molar-refractivity contribution in [3.63, 3.8) is 0 Å². The third-order valence-corrected chi connectivity index (χ3v) is 6.49. The molecule has 7 nitrogen and oxygen atoms in total. The molecule has 1 fully saturated rings. The van der Waals surface area contributed by atoms with Gasteiger partial charge in [-0.3, -0.25) is 9.78 Å². The van der Waals surface area contributed by atoms with E-state index in [1.54, 1.807) is 7.11 Å². The first-order chi connectivity index (χ1) is 15.8. The molecule has 0 spiro atoms. The van der Waals surface area contributed by atoms with E-state index in [4.69, 9.17) is 24.4 Å². The monoisotopic (exact) mass is 457 g/mol. The second-order valence-electron chi connectivity index (χ2n) is 9.89. The Balaban J connectivity index is 0.000000968. The summed E-state index contributed by atoms with van der Waals surface area (Å²) in [7, 11) is 1.72. The van der Waals surface area contributed by atoms with Crippen molar-refractivity contribution < 1.29 is 19.4 Å². The second-order valence-corrected chi connectivity index (χ2v) is 9.89. The Morgan fingerprint density at radius 3 is 2.58 bits per heavy atom. The summed E-state index contributed by atoms with van der Waals surface area (Å²) in [5.74, 6) is 1.97. The second kappa shape index (κ2) is 11.1. The molecule has 1 aromatic heterocycles. The number of carboxylic acid groups (broad SMARTS) is 1. The van der Waals surface area contributed by atoms with Crippen LogP contribution in [0.3, 0.4) is 0 Å². The summed E-state index contributed by atoms with van der Waals surface area (Å²) in [6, 6.07) is 4.18. The van der Waals surface area contributed by atoms with Crippen molar-refractivity contribution in [3.8, 4) is 11.5 Å². The molecule has 33 heavy (non-hydrogen) atoms. The molecule has 0 amide bonds. The minimum absolute atomic E-state index is 0.0769. The van der Waals surface area contributed by atoms with Gasteiger partial charge in [-0.05, 0) is 76.6 Å². The number of anilines is 1. The molecule has 0 unspecified atom stereocenters. The summed E-state index contributed by atoms with van der Waals surface area (Å²) in [5.41, 5.74) is 4.84. The van der Waals surface area contributed by atoms with E-state index in [0.29, 0.717) is 12.5 Å². The number of nitrogens with zero attached hydrogens (tertiary/aromatic N) is 2. The largest absolute Gasteiger partial charge is 0.493 e. The summed E-state index contributed by atoms with van der Waals surface area (Å²) in [6.45, 7) is 13.0. The number of aromatic nitrogens is 1. The van der Waals surface area contributed by atoms with Crippen molar-refractivity contribution in [1.29, 1.82) is 0 Å². The number of benzene rings is 1. The molecule has 2 N–H and O–H groups in total. The van der Waals surface area contributed by atoms with Crippen LogP contribution in [0.4, 0.5) is 5.69 Å². The van der Waals surface area contributed by atoms with Crippen LogP contribution in [0, 0.1) is 0 Å². The number of hydrogen-bond acceptors (Lipinski definition) is 6. The van der Waals surface area contributed by atoms with E-state index in [9.17, 15) is 0 Å². The van der Waals surface area contributed by atoms with Gasteiger partial charge < -0.3 is 24.8 Å². The molecule has 1 aromatic carbocycles. The molecule has 0 bridgehead atoms. The van der Waals surface area contributed by atoms with Gasteiger partial charge in [-0.25, -0.2) is 0 Å². The van der Waals surface area contributed by atoms with Crippen LogP contribution in [-0.4, -0.2) is 60.4 Å². The normalized spacial score (nSPS) is 17.2. The number of methoxy groups -OCH3 is 1. The van der Waals surface area contributed by atoms with Gasteiger partial charge >= 0.3 is 0 Å². The van der Waals surface area contributed by atoms with Gasteiger partial charge in [0.1, 0.15) is 0 Å². The highest BCUT2D eigenvalue weighted by Gasteiger charge is 2.29. The number of carbonyl (C=O) groups is 1. The average Bonchev–Trinajstić information content (AvgIpc) is 3.29. The number of pyridine rings is 1. The summed E-state index contributed by atoms with van der Waals surface area (Å²) in [5, 5.41) is 11.8. The number of fused-ring (bicyclic) bond motifs is 3. The fourth-order valence-corrected chi connectivity index (χ4v) is 4.79. The molecule has 0 aliphatic carbocycles. The van der Waals surface area contributed by atoms with Crippen LogP contribution in [0.2, 0.25) is 0 Å². The Labute approximate surface area is 197 Å². The van der Waals surface area contributed by atoms with Gasteiger partial charge in [0.15, 0.2) is 11.5 Å². The maximum Gasteiger partial charge on any atom is 0.290 e. The standard InChI is InChI=1S/C25H37N3O2.CH2O2/c1-17(2)23-18-9-10-25(3,4)27-24(18)19-15-21(29-5)22(16-20(19)26-23)30-14-8-13-28-11-6-7-12-28;2-1-3/h15-17,27H,6-14H2,1-5H3;1H,(H,2,3). The zero-order chi connectivity index (χ0) is 24.0. The highest BCUT2D eigenvalue weighted by Crippen LogP contribution is 2.42. The highest BCUT2D eigenvalue weighted by atomic mass is 16.5. The van der Waals surface area contributed by atoms with Crippen LogP contribution in [0.5, 0.6) is 11.5 Å². The Morgan fingerprint density at radius 2 is 1.94 bits per heavy atom. The quantitative estimate of drug-likeness (QED) is 0.444. The molecule has 182 valence electrons. The zero-order valence-electron chi connectivity index (χ0n) is 20.7. The lowest BCUT2D eigenvalue weighted by Crippen LogP contribution is -2.36. The van der Waals surface area contributed by atoms with E-state index in [2.05, 4.69) is 50.0 Å². The van der Waals surface area contributed by atoms with E-state index in [1.165, 1.54) is 42.9 Å². The molecule has 1 saturated heterocycles. The summed E-state index contributed by atoms with van der Waals surface area (Å²) >= 11 is 0. The van der Waals surface area contributed by atoms with E-state index in [-0.39, 0.29) is 12.0 Å². The molecular formula is C26H39N3O4. The maximum absolute atomic E-state index is 8.36. The lowest BCUT2D eigenvalue weighted by Gasteiger charge is -2.36. The Kier molecular flexibility index (Phi) is 8.40. The average molecular weight is 458 g/mol. The predicted octanol–water partition coefficient (Wildman–Crippen LogP) is 5.07. The molecule has 0 atom stereocenters. The van der Waals surface area contributed by atoms with Gasteiger partial charge in [-0.1, -0.05) is 13.8 Å². The van der Waals surface area contributed by atoms with E-state index >= 15 is 0 Å². The first-order valence-electron chi connectivity index (χ1n) is 12.1. The molecule has 4 rings (SSSR count). The third-order valence-electron chi connectivity index (χ3n) is 6.49. The third kappa shape index (κ3) is 6.08. The van der Waals surface area contributed by atoms with Gasteiger partial charge in [-0.2, -0.15) is 0 Å². The highest BCUT2D eigenvalue weighted by molar-refractivity contribution is 5.96. The Morgan fingerprint density at radius 1 is 1.24 bits per heavy atom. The number of ether oxygens (including phenoxy) is 2. The number of likely N-dealkylation sites (tertiary alicyclic amines) is 1. The van der Waals surface area contributed by atoms with Crippen molar-refractivity contribution in [2.24, 2.45) is 0 Å². The fourth-order valence-electron chi connectivity index (χ4n) is 4.79. The van der Waals surface area contributed by atoms with E-state index in [0.717, 1.165) is 48.2 Å². The van der Waals surface area contributed by atoms with Crippen LogP contribution < -0.4 is 14.8 Å². The predicted molar refractivity (Wildman–Crippen MR) is 133 cm³/mol. The topological polar surface area (TPSA) is 83.9 Å². The first kappa shape index (κ1) is 25.1. The maximum atomic E-state index is 8.36. The number of nitrogens with one attached hydrogen (secondary N) is 1. The minimum atomic E-state index is -0.250. The Hall–Kier alpha value is -2.54. The molecule has 0 radical (unpaired) electrons. The van der Waals surface area contributed by atoms with Gasteiger partial charge in [0, 0.05) is 34.9 Å². The molecule has 0 saturated carbocycles. The number of hydrogen-bond donors (Lipinski definition) is 2. The Bertz CT molecular complexity index is 952. The van der Waals surface area contributed by atoms with Crippen LogP contribution in [-0.2, 0) is 11.2 Å². The molecule has 2 aliphatic heterocycles. The molecule has 3 heterocycles. The smallest absolute Gasteiger partial charge is 0.290 e. The summed E-state index contributed by atoms with van der Waals surface area (Å²) in [6.07, 6.45) is 5.87. The lowest BCUT2D eigenvalue weighted by molar-refractivity contribution is -0.122. The van der Waals surface area contributed by atoms with Crippen LogP contribution >= 0.6 is 0 Å². The van der Waals surface area contributed by atoms with Gasteiger partial charge in [0.2, 0.25) is 0 Å². The summed E-state index contributed by atoms with van der Waals surface area (Å²) < 4.78 is 11.9. The van der Waals surface area contributed by atoms with Crippen molar-refractivity contribution in [2.75, 3.05) is 38.7 Å². The van der Waals surface area contributed by atoms with Gasteiger partial charge in [0.25, 0.3) is 6.47 Å². The SMILES string of the molecule is COc1cc2c3c(c(C(C)C)nc2cc1OCCCN1CCCC1)CCC(C)(C)N3.O=CO. The molecular weight excluding hydrogens is 418 g/mol. The first-order valence-corrected chi connectivity index (χ1v) is 12.1. The lowest BCUT2D eigenvalue weighted by atomic mass is 9.85. The molecule has 7 heteroatoms. The van der Waals surface area contributed by atoms with E-state index in [1.807, 2.05) is 0 Å². The van der Waals surface area contributed by atoms with Crippen LogP contribution in [0.15, 0.2) is 12.1 Å². The van der Waals surface area contributed by atoms with Crippen LogP contribution in [0.1, 0.15) is 70.6 Å². The van der Waals surface area contributed by atoms with Crippen molar-refractivity contribution >= 4 is 23.1 Å². The van der Waals surface area contributed by atoms with Gasteiger partial charge in [-0.15, -0.1) is 0 Å². The van der Waals surface area contributed by atoms with Crippen molar-refractivity contribution in [1.82, 2.24) is 9.88 Å². The number of rotatable bonds is 7. The van der Waals surface area contributed by atoms with Crippen molar-refractivity contribution in [3.05, 3.63) is 23.4 Å². The van der Waals surface area contributed by atoms with E-state index < -0.39 is 0 Å². The summed E-state index contributed by atoms with van der Waals surface area (Å²) in [4.78, 5) is 16.0. The van der Waals surface area contributed by atoms with Crippen LogP contribution in [0.25, 0.3) is 10.9 Å². The van der Waals surface area contributed by atoms with Crippen molar-refractivity contribution in [2.45, 2.75) is 71.3 Å². The molecule has 2 aromatic rings.